The number of carbonyl (C=O) groups excluding carboxylic acids is 1. The number of pyridine rings is 1. The van der Waals surface area contributed by atoms with Gasteiger partial charge in [0.1, 0.15) is 5.82 Å². The fraction of sp³-hybridized carbons (Fsp3) is 0.533. The molecular formula is C15H19N5O. The number of nitriles is 1. The van der Waals surface area contributed by atoms with Gasteiger partial charge in [0.05, 0.1) is 11.6 Å². The number of nitrogens with zero attached hydrogens (tertiary/aromatic N) is 4. The van der Waals surface area contributed by atoms with Crippen molar-refractivity contribution in [1.82, 2.24) is 15.2 Å². The number of urea groups is 1. The van der Waals surface area contributed by atoms with E-state index < -0.39 is 0 Å². The molecule has 1 saturated carbocycles. The summed E-state index contributed by atoms with van der Waals surface area (Å²) in [5.74, 6) is 1.51. The van der Waals surface area contributed by atoms with E-state index in [-0.39, 0.29) is 6.03 Å². The molecule has 0 radical (unpaired) electrons. The first-order valence-corrected chi connectivity index (χ1v) is 7.40. The van der Waals surface area contributed by atoms with Gasteiger partial charge in [0, 0.05) is 38.9 Å². The maximum absolute atomic E-state index is 12.0. The summed E-state index contributed by atoms with van der Waals surface area (Å²) in [4.78, 5) is 20.3. The molecule has 1 aromatic rings. The number of aromatic nitrogens is 1. The first-order chi connectivity index (χ1) is 10.3. The van der Waals surface area contributed by atoms with Gasteiger partial charge in [-0.1, -0.05) is 0 Å². The van der Waals surface area contributed by atoms with Crippen molar-refractivity contribution in [2.75, 3.05) is 37.6 Å². The fourth-order valence-corrected chi connectivity index (χ4v) is 2.46. The predicted octanol–water partition coefficient (Wildman–Crippen LogP) is 1.19. The Kier molecular flexibility index (Phi) is 3.91. The molecule has 110 valence electrons. The minimum absolute atomic E-state index is 0.0419. The lowest BCUT2D eigenvalue weighted by atomic mass is 10.2. The van der Waals surface area contributed by atoms with Gasteiger partial charge in [-0.05, 0) is 30.9 Å². The first kappa shape index (κ1) is 13.7. The normalized spacial score (nSPS) is 18.2. The lowest BCUT2D eigenvalue weighted by Crippen LogP contribution is -2.52. The molecule has 2 amide bonds. The summed E-state index contributed by atoms with van der Waals surface area (Å²) in [7, 11) is 0. The van der Waals surface area contributed by atoms with Gasteiger partial charge >= 0.3 is 6.03 Å². The highest BCUT2D eigenvalue weighted by Gasteiger charge is 2.25. The van der Waals surface area contributed by atoms with Crippen LogP contribution in [0.2, 0.25) is 0 Å². The molecule has 1 N–H and O–H groups in total. The number of anilines is 1. The summed E-state index contributed by atoms with van der Waals surface area (Å²) in [5.41, 5.74) is 0.615. The van der Waals surface area contributed by atoms with E-state index in [1.54, 1.807) is 18.3 Å². The highest BCUT2D eigenvalue weighted by molar-refractivity contribution is 5.74. The highest BCUT2D eigenvalue weighted by Crippen LogP contribution is 2.27. The second kappa shape index (κ2) is 6.00. The summed E-state index contributed by atoms with van der Waals surface area (Å²) < 4.78 is 0. The third kappa shape index (κ3) is 3.43. The van der Waals surface area contributed by atoms with Gasteiger partial charge < -0.3 is 15.1 Å². The van der Waals surface area contributed by atoms with Crippen LogP contribution in [0.4, 0.5) is 10.6 Å². The minimum Gasteiger partial charge on any atom is -0.353 e. The molecule has 3 rings (SSSR count). The Morgan fingerprint density at radius 3 is 2.81 bits per heavy atom. The van der Waals surface area contributed by atoms with Gasteiger partial charge in [-0.3, -0.25) is 0 Å². The van der Waals surface area contributed by atoms with Crippen molar-refractivity contribution >= 4 is 11.8 Å². The fourth-order valence-electron chi connectivity index (χ4n) is 2.46. The lowest BCUT2D eigenvalue weighted by molar-refractivity contribution is 0.194. The van der Waals surface area contributed by atoms with Crippen molar-refractivity contribution in [2.45, 2.75) is 12.8 Å². The number of nitrogens with one attached hydrogen (secondary N) is 1. The van der Waals surface area contributed by atoms with Crippen LogP contribution in [0, 0.1) is 17.2 Å². The Labute approximate surface area is 124 Å². The number of rotatable bonds is 3. The molecule has 2 heterocycles. The van der Waals surface area contributed by atoms with E-state index >= 15 is 0 Å². The van der Waals surface area contributed by atoms with Crippen LogP contribution in [-0.4, -0.2) is 48.6 Å². The lowest BCUT2D eigenvalue weighted by Gasteiger charge is -2.35. The number of carbonyl (C=O) groups is 1. The quantitative estimate of drug-likeness (QED) is 0.905. The van der Waals surface area contributed by atoms with Crippen LogP contribution in [0.3, 0.4) is 0 Å². The van der Waals surface area contributed by atoms with E-state index in [1.165, 1.54) is 12.8 Å². The van der Waals surface area contributed by atoms with E-state index in [9.17, 15) is 4.79 Å². The molecule has 6 nitrogen and oxygen atoms in total. The van der Waals surface area contributed by atoms with E-state index in [2.05, 4.69) is 21.3 Å². The molecule has 1 aromatic heterocycles. The smallest absolute Gasteiger partial charge is 0.317 e. The Hall–Kier alpha value is -2.29. The Balaban J connectivity index is 1.52. The van der Waals surface area contributed by atoms with Gasteiger partial charge in [0.25, 0.3) is 0 Å². The molecule has 1 aliphatic heterocycles. The van der Waals surface area contributed by atoms with E-state index in [0.717, 1.165) is 25.5 Å². The monoisotopic (exact) mass is 285 g/mol. The number of amides is 2. The maximum atomic E-state index is 12.0. The standard InChI is InChI=1S/C15H19N5O/c16-10-13-3-4-17-14(9-13)19-5-7-20(8-6-19)15(21)18-11-12-1-2-12/h3-4,9,12H,1-2,5-8,11H2,(H,18,21). The maximum Gasteiger partial charge on any atom is 0.317 e. The van der Waals surface area contributed by atoms with Gasteiger partial charge in [-0.2, -0.15) is 5.26 Å². The van der Waals surface area contributed by atoms with Crippen LogP contribution in [0.1, 0.15) is 18.4 Å². The van der Waals surface area contributed by atoms with Crippen LogP contribution in [-0.2, 0) is 0 Å². The van der Waals surface area contributed by atoms with Gasteiger partial charge in [0.15, 0.2) is 0 Å². The average Bonchev–Trinajstić information content (AvgIpc) is 3.37. The minimum atomic E-state index is 0.0419. The van der Waals surface area contributed by atoms with Crippen LogP contribution in [0.15, 0.2) is 18.3 Å². The molecule has 1 saturated heterocycles. The van der Waals surface area contributed by atoms with Gasteiger partial charge in [-0.25, -0.2) is 9.78 Å². The van der Waals surface area contributed by atoms with Gasteiger partial charge in [0.2, 0.25) is 0 Å². The summed E-state index contributed by atoms with van der Waals surface area (Å²) in [6, 6.07) is 5.66. The topological polar surface area (TPSA) is 72.3 Å². The predicted molar refractivity (Wildman–Crippen MR) is 78.9 cm³/mol. The van der Waals surface area contributed by atoms with Crippen molar-refractivity contribution in [3.63, 3.8) is 0 Å². The zero-order valence-corrected chi connectivity index (χ0v) is 12.0. The van der Waals surface area contributed by atoms with Crippen LogP contribution in [0.25, 0.3) is 0 Å². The Morgan fingerprint density at radius 2 is 2.14 bits per heavy atom. The van der Waals surface area contributed by atoms with Crippen molar-refractivity contribution < 1.29 is 4.79 Å². The summed E-state index contributed by atoms with van der Waals surface area (Å²) >= 11 is 0. The van der Waals surface area contributed by atoms with Crippen LogP contribution >= 0.6 is 0 Å². The first-order valence-electron chi connectivity index (χ1n) is 7.40. The number of piperazine rings is 1. The van der Waals surface area contributed by atoms with Gasteiger partial charge in [-0.15, -0.1) is 0 Å². The van der Waals surface area contributed by atoms with Crippen molar-refractivity contribution in [2.24, 2.45) is 5.92 Å². The summed E-state index contributed by atoms with van der Waals surface area (Å²) in [5, 5.41) is 11.9. The van der Waals surface area contributed by atoms with Crippen LogP contribution in [0.5, 0.6) is 0 Å². The third-order valence-electron chi connectivity index (χ3n) is 4.00. The number of hydrogen-bond acceptors (Lipinski definition) is 4. The molecule has 2 aliphatic rings. The van der Waals surface area contributed by atoms with E-state index in [0.29, 0.717) is 24.6 Å². The second-order valence-electron chi connectivity index (χ2n) is 5.62. The highest BCUT2D eigenvalue weighted by atomic mass is 16.2. The van der Waals surface area contributed by atoms with E-state index in [4.69, 9.17) is 5.26 Å². The zero-order chi connectivity index (χ0) is 14.7. The SMILES string of the molecule is N#Cc1ccnc(N2CCN(C(=O)NCC3CC3)CC2)c1. The second-order valence-corrected chi connectivity index (χ2v) is 5.62. The molecule has 0 bridgehead atoms. The van der Waals surface area contributed by atoms with E-state index in [1.807, 2.05) is 4.90 Å². The van der Waals surface area contributed by atoms with Crippen molar-refractivity contribution in [3.8, 4) is 6.07 Å². The number of hydrogen-bond donors (Lipinski definition) is 1. The average molecular weight is 285 g/mol. The molecule has 0 aromatic carbocycles. The molecule has 6 heteroatoms. The molecule has 1 aliphatic carbocycles. The molecular weight excluding hydrogens is 266 g/mol. The largest absolute Gasteiger partial charge is 0.353 e. The molecule has 21 heavy (non-hydrogen) atoms. The molecule has 0 atom stereocenters. The molecule has 2 fully saturated rings. The molecule has 0 spiro atoms. The third-order valence-corrected chi connectivity index (χ3v) is 4.00. The van der Waals surface area contributed by atoms with Crippen molar-refractivity contribution in [3.05, 3.63) is 23.9 Å². The summed E-state index contributed by atoms with van der Waals surface area (Å²) in [6.07, 6.45) is 4.15. The molecule has 0 unspecified atom stereocenters. The van der Waals surface area contributed by atoms with Crippen LogP contribution < -0.4 is 10.2 Å². The Morgan fingerprint density at radius 1 is 1.38 bits per heavy atom. The zero-order valence-electron chi connectivity index (χ0n) is 12.0. The Bertz CT molecular complexity index is 555. The summed E-state index contributed by atoms with van der Waals surface area (Å²) in [6.45, 7) is 3.69. The van der Waals surface area contributed by atoms with Crippen molar-refractivity contribution in [1.29, 1.82) is 5.26 Å².